The molecule has 0 radical (unpaired) electrons. The first-order valence-corrected chi connectivity index (χ1v) is 9.51. The monoisotopic (exact) mass is 335 g/mol. The lowest BCUT2D eigenvalue weighted by Gasteiger charge is -2.35. The summed E-state index contributed by atoms with van der Waals surface area (Å²) in [4.78, 5) is 40.5. The van der Waals surface area contributed by atoms with Crippen LogP contribution in [-0.2, 0) is 9.59 Å². The van der Waals surface area contributed by atoms with Gasteiger partial charge in [-0.3, -0.25) is 14.5 Å². The second kappa shape index (κ2) is 7.11. The Labute approximate surface area is 143 Å². The van der Waals surface area contributed by atoms with E-state index in [-0.39, 0.29) is 17.8 Å². The van der Waals surface area contributed by atoms with Gasteiger partial charge in [0.05, 0.1) is 0 Å². The maximum Gasteiger partial charge on any atom is 0.325 e. The van der Waals surface area contributed by atoms with E-state index >= 15 is 0 Å². The van der Waals surface area contributed by atoms with E-state index in [1.165, 1.54) is 11.3 Å². The number of carbonyl (C=O) groups excluding carboxylic acids is 3. The molecular formula is C18H29N3O3. The van der Waals surface area contributed by atoms with Gasteiger partial charge in [0.1, 0.15) is 5.54 Å². The van der Waals surface area contributed by atoms with E-state index in [0.29, 0.717) is 25.4 Å². The highest BCUT2D eigenvalue weighted by Crippen LogP contribution is 2.35. The van der Waals surface area contributed by atoms with Crippen molar-refractivity contribution in [3.05, 3.63) is 0 Å². The normalized spacial score (nSPS) is 26.3. The molecule has 0 bridgehead atoms. The summed E-state index contributed by atoms with van der Waals surface area (Å²) in [7, 11) is 0. The molecule has 1 N–H and O–H groups in total. The molecule has 0 aromatic heterocycles. The molecule has 1 atom stereocenters. The third-order valence-electron chi connectivity index (χ3n) is 5.89. The molecule has 2 heterocycles. The van der Waals surface area contributed by atoms with E-state index in [4.69, 9.17) is 0 Å². The molecule has 1 aliphatic carbocycles. The minimum atomic E-state index is -0.638. The lowest BCUT2D eigenvalue weighted by Crippen LogP contribution is -2.44. The average molecular weight is 335 g/mol. The molecule has 1 saturated carbocycles. The number of imide groups is 1. The van der Waals surface area contributed by atoms with Crippen LogP contribution in [0.15, 0.2) is 0 Å². The molecule has 2 aliphatic heterocycles. The summed E-state index contributed by atoms with van der Waals surface area (Å²) in [5, 5.41) is 2.89. The van der Waals surface area contributed by atoms with Gasteiger partial charge in [0, 0.05) is 25.6 Å². The molecule has 0 aromatic rings. The standard InChI is InChI=1S/C18H29N3O3/c1-2-14-8-3-6-12-20(14)15(22)9-7-13-21-16(23)18(19-17(21)24)10-4-5-11-18/h14H,2-13H2,1H3,(H,19,24). The first kappa shape index (κ1) is 17.2. The molecule has 6 heteroatoms. The predicted octanol–water partition coefficient (Wildman–Crippen LogP) is 2.42. The van der Waals surface area contributed by atoms with Crippen LogP contribution in [-0.4, -0.2) is 52.3 Å². The highest BCUT2D eigenvalue weighted by Gasteiger charge is 2.52. The SMILES string of the molecule is CCC1CCCCN1C(=O)CCCN1C(=O)NC2(CCCC2)C1=O. The molecule has 1 unspecified atom stereocenters. The van der Waals surface area contributed by atoms with Crippen LogP contribution in [0.1, 0.15) is 71.1 Å². The molecule has 6 nitrogen and oxygen atoms in total. The fourth-order valence-corrected chi connectivity index (χ4v) is 4.48. The van der Waals surface area contributed by atoms with E-state index in [1.54, 1.807) is 0 Å². The van der Waals surface area contributed by atoms with Crippen LogP contribution in [0.5, 0.6) is 0 Å². The number of piperidine rings is 1. The van der Waals surface area contributed by atoms with Crippen molar-refractivity contribution in [3.8, 4) is 0 Å². The van der Waals surface area contributed by atoms with E-state index < -0.39 is 5.54 Å². The molecule has 2 saturated heterocycles. The number of hydrogen-bond acceptors (Lipinski definition) is 3. The van der Waals surface area contributed by atoms with Gasteiger partial charge in [0.25, 0.3) is 5.91 Å². The number of nitrogens with zero attached hydrogens (tertiary/aromatic N) is 2. The first-order valence-electron chi connectivity index (χ1n) is 9.51. The number of nitrogens with one attached hydrogen (secondary N) is 1. The minimum absolute atomic E-state index is 0.0816. The average Bonchev–Trinajstić information content (AvgIpc) is 3.15. The van der Waals surface area contributed by atoms with Crippen LogP contribution in [0.3, 0.4) is 0 Å². The van der Waals surface area contributed by atoms with E-state index in [2.05, 4.69) is 12.2 Å². The second-order valence-corrected chi connectivity index (χ2v) is 7.42. The zero-order valence-electron chi connectivity index (χ0n) is 14.7. The van der Waals surface area contributed by atoms with Gasteiger partial charge in [-0.2, -0.15) is 0 Å². The zero-order valence-corrected chi connectivity index (χ0v) is 14.7. The van der Waals surface area contributed by atoms with Gasteiger partial charge in [-0.05, 0) is 44.9 Å². The van der Waals surface area contributed by atoms with Crippen molar-refractivity contribution in [2.45, 2.75) is 82.7 Å². The summed E-state index contributed by atoms with van der Waals surface area (Å²) in [6.07, 6.45) is 8.83. The van der Waals surface area contributed by atoms with Gasteiger partial charge >= 0.3 is 6.03 Å². The van der Waals surface area contributed by atoms with Crippen LogP contribution in [0, 0.1) is 0 Å². The largest absolute Gasteiger partial charge is 0.340 e. The van der Waals surface area contributed by atoms with Crippen molar-refractivity contribution in [2.24, 2.45) is 0 Å². The molecule has 3 rings (SSSR count). The smallest absolute Gasteiger partial charge is 0.325 e. The molecule has 3 aliphatic rings. The fourth-order valence-electron chi connectivity index (χ4n) is 4.48. The Morgan fingerprint density at radius 2 is 1.96 bits per heavy atom. The molecule has 134 valence electrons. The molecule has 24 heavy (non-hydrogen) atoms. The van der Waals surface area contributed by atoms with Gasteiger partial charge in [-0.15, -0.1) is 0 Å². The van der Waals surface area contributed by atoms with Gasteiger partial charge < -0.3 is 10.2 Å². The van der Waals surface area contributed by atoms with Crippen LogP contribution in [0.4, 0.5) is 4.79 Å². The van der Waals surface area contributed by atoms with Crippen molar-refractivity contribution in [2.75, 3.05) is 13.1 Å². The Kier molecular flexibility index (Phi) is 5.11. The van der Waals surface area contributed by atoms with Crippen molar-refractivity contribution in [3.63, 3.8) is 0 Å². The van der Waals surface area contributed by atoms with E-state index in [1.807, 2.05) is 4.90 Å². The third kappa shape index (κ3) is 3.15. The summed E-state index contributed by atoms with van der Waals surface area (Å²) >= 11 is 0. The number of likely N-dealkylation sites (tertiary alicyclic amines) is 1. The highest BCUT2D eigenvalue weighted by molar-refractivity contribution is 6.07. The van der Waals surface area contributed by atoms with Gasteiger partial charge in [-0.25, -0.2) is 4.79 Å². The maximum atomic E-state index is 12.6. The Morgan fingerprint density at radius 3 is 2.67 bits per heavy atom. The Morgan fingerprint density at radius 1 is 1.21 bits per heavy atom. The zero-order chi connectivity index (χ0) is 17.2. The van der Waals surface area contributed by atoms with Crippen molar-refractivity contribution in [1.82, 2.24) is 15.1 Å². The van der Waals surface area contributed by atoms with Crippen molar-refractivity contribution < 1.29 is 14.4 Å². The lowest BCUT2D eigenvalue weighted by atomic mass is 9.98. The Hall–Kier alpha value is -1.59. The van der Waals surface area contributed by atoms with Crippen LogP contribution in [0.25, 0.3) is 0 Å². The fraction of sp³-hybridized carbons (Fsp3) is 0.833. The first-order chi connectivity index (χ1) is 11.6. The van der Waals surface area contributed by atoms with Crippen LogP contribution < -0.4 is 5.32 Å². The Bertz CT molecular complexity index is 514. The molecule has 1 spiro atoms. The van der Waals surface area contributed by atoms with Gasteiger partial charge in [0.15, 0.2) is 0 Å². The number of carbonyl (C=O) groups is 3. The predicted molar refractivity (Wildman–Crippen MR) is 90.3 cm³/mol. The highest BCUT2D eigenvalue weighted by atomic mass is 16.2. The number of urea groups is 1. The van der Waals surface area contributed by atoms with Crippen LogP contribution in [0.2, 0.25) is 0 Å². The topological polar surface area (TPSA) is 69.7 Å². The van der Waals surface area contributed by atoms with E-state index in [9.17, 15) is 14.4 Å². The molecule has 3 fully saturated rings. The maximum absolute atomic E-state index is 12.6. The summed E-state index contributed by atoms with van der Waals surface area (Å²) in [6.45, 7) is 3.33. The third-order valence-corrected chi connectivity index (χ3v) is 5.89. The number of amides is 4. The van der Waals surface area contributed by atoms with Gasteiger partial charge in [0.2, 0.25) is 5.91 Å². The Balaban J connectivity index is 1.50. The quantitative estimate of drug-likeness (QED) is 0.785. The molecule has 0 aromatic carbocycles. The number of hydrogen-bond donors (Lipinski definition) is 1. The summed E-state index contributed by atoms with van der Waals surface area (Å²) in [6, 6.07) is 0.0866. The van der Waals surface area contributed by atoms with E-state index in [0.717, 1.165) is 51.5 Å². The number of rotatable bonds is 5. The van der Waals surface area contributed by atoms with Gasteiger partial charge in [-0.1, -0.05) is 19.8 Å². The molecule has 4 amide bonds. The summed E-state index contributed by atoms with van der Waals surface area (Å²) in [5.41, 5.74) is -0.638. The summed E-state index contributed by atoms with van der Waals surface area (Å²) in [5.74, 6) is 0.0889. The summed E-state index contributed by atoms with van der Waals surface area (Å²) < 4.78 is 0. The second-order valence-electron chi connectivity index (χ2n) is 7.42. The van der Waals surface area contributed by atoms with Crippen molar-refractivity contribution >= 4 is 17.8 Å². The van der Waals surface area contributed by atoms with Crippen molar-refractivity contribution in [1.29, 1.82) is 0 Å². The lowest BCUT2D eigenvalue weighted by molar-refractivity contribution is -0.136. The van der Waals surface area contributed by atoms with Crippen LogP contribution >= 0.6 is 0 Å². The minimum Gasteiger partial charge on any atom is -0.340 e. The molecular weight excluding hydrogens is 306 g/mol.